The number of pyridine rings is 1. The Morgan fingerprint density at radius 1 is 1.11 bits per heavy atom. The van der Waals surface area contributed by atoms with E-state index in [-0.39, 0.29) is 16.9 Å². The fraction of sp³-hybridized carbons (Fsp3) is 0. The van der Waals surface area contributed by atoms with E-state index in [4.69, 9.17) is 5.73 Å². The molecule has 0 bridgehead atoms. The number of aromatic amines is 1. The smallest absolute Gasteiger partial charge is 0.249 e. The first-order valence-electron chi connectivity index (χ1n) is 4.97. The molecule has 1 heterocycles. The van der Waals surface area contributed by atoms with Crippen molar-refractivity contribution in [1.29, 1.82) is 0 Å². The number of nitrogens with two attached hydrogens (primary N) is 1. The van der Waals surface area contributed by atoms with Crippen LogP contribution in [-0.2, 0) is 0 Å². The molecular weight excluding hydrogens is 242 g/mol. The monoisotopic (exact) mass is 250 g/mol. The Hall–Kier alpha value is -2.50. The average molecular weight is 250 g/mol. The number of hydrogen-bond donors (Lipinski definition) is 2. The van der Waals surface area contributed by atoms with E-state index in [1.807, 2.05) is 0 Å². The van der Waals surface area contributed by atoms with Crippen LogP contribution in [0.15, 0.2) is 35.1 Å². The minimum Gasteiger partial charge on any atom is -0.385 e. The summed E-state index contributed by atoms with van der Waals surface area (Å²) in [6, 6.07) is 4.90. The predicted octanol–water partition coefficient (Wildman–Crippen LogP) is 1.47. The number of aromatic nitrogens is 1. The number of hydrogen-bond acceptors (Lipinski definition) is 3. The minimum absolute atomic E-state index is 0.0416. The van der Waals surface area contributed by atoms with E-state index < -0.39 is 23.0 Å². The molecular formula is C12H8F2N2O2. The molecule has 0 amide bonds. The molecule has 18 heavy (non-hydrogen) atoms. The summed E-state index contributed by atoms with van der Waals surface area (Å²) in [6.07, 6.45) is 0. The van der Waals surface area contributed by atoms with Gasteiger partial charge in [-0.3, -0.25) is 9.59 Å². The van der Waals surface area contributed by atoms with Crippen molar-refractivity contribution in [2.75, 3.05) is 5.73 Å². The standard InChI is InChI=1S/C12H8F2N2O2/c13-6-1-2-7(9(14)5-6)11(18)8-3-4-10(17)16-12(8)15/h1-5H,(H3,15,16,17). The SMILES string of the molecule is Nc1[nH]c(=O)ccc1C(=O)c1ccc(F)cc1F. The molecule has 0 spiro atoms. The Labute approximate surface area is 100 Å². The third kappa shape index (κ3) is 2.13. The van der Waals surface area contributed by atoms with Crippen molar-refractivity contribution >= 4 is 11.6 Å². The lowest BCUT2D eigenvalue weighted by atomic mass is 10.0. The van der Waals surface area contributed by atoms with Crippen LogP contribution in [0.4, 0.5) is 14.6 Å². The third-order valence-electron chi connectivity index (χ3n) is 2.37. The molecule has 6 heteroatoms. The summed E-state index contributed by atoms with van der Waals surface area (Å²) >= 11 is 0. The van der Waals surface area contributed by atoms with Crippen LogP contribution in [0, 0.1) is 11.6 Å². The molecule has 0 unspecified atom stereocenters. The van der Waals surface area contributed by atoms with Crippen molar-refractivity contribution in [3.63, 3.8) is 0 Å². The number of carbonyl (C=O) groups is 1. The summed E-state index contributed by atoms with van der Waals surface area (Å²) in [4.78, 5) is 25.1. The van der Waals surface area contributed by atoms with Crippen LogP contribution in [0.25, 0.3) is 0 Å². The van der Waals surface area contributed by atoms with E-state index in [9.17, 15) is 18.4 Å². The summed E-state index contributed by atoms with van der Waals surface area (Å²) in [6.45, 7) is 0. The lowest BCUT2D eigenvalue weighted by Crippen LogP contribution is -2.14. The third-order valence-corrected chi connectivity index (χ3v) is 2.37. The van der Waals surface area contributed by atoms with Crippen molar-refractivity contribution in [1.82, 2.24) is 4.98 Å². The molecule has 1 aromatic carbocycles. The van der Waals surface area contributed by atoms with Crippen LogP contribution >= 0.6 is 0 Å². The molecule has 0 aliphatic carbocycles. The Kier molecular flexibility index (Phi) is 2.93. The first-order chi connectivity index (χ1) is 8.49. The highest BCUT2D eigenvalue weighted by Gasteiger charge is 2.17. The predicted molar refractivity (Wildman–Crippen MR) is 61.3 cm³/mol. The Bertz CT molecular complexity index is 680. The molecule has 0 atom stereocenters. The van der Waals surface area contributed by atoms with E-state index >= 15 is 0 Å². The van der Waals surface area contributed by atoms with Crippen LogP contribution in [0.3, 0.4) is 0 Å². The van der Waals surface area contributed by atoms with E-state index in [1.54, 1.807) is 0 Å². The van der Waals surface area contributed by atoms with Crippen LogP contribution in [0.5, 0.6) is 0 Å². The maximum absolute atomic E-state index is 13.4. The quantitative estimate of drug-likeness (QED) is 0.792. The van der Waals surface area contributed by atoms with Gasteiger partial charge in [0.05, 0.1) is 11.1 Å². The van der Waals surface area contributed by atoms with Gasteiger partial charge in [0.2, 0.25) is 5.56 Å². The van der Waals surface area contributed by atoms with Crippen LogP contribution in [0.1, 0.15) is 15.9 Å². The van der Waals surface area contributed by atoms with Gasteiger partial charge in [0.15, 0.2) is 5.78 Å². The second-order valence-electron chi connectivity index (χ2n) is 3.60. The van der Waals surface area contributed by atoms with Gasteiger partial charge in [0, 0.05) is 12.1 Å². The molecule has 0 aliphatic rings. The topological polar surface area (TPSA) is 76.0 Å². The second kappa shape index (κ2) is 4.40. The lowest BCUT2D eigenvalue weighted by Gasteiger charge is -2.05. The van der Waals surface area contributed by atoms with Gasteiger partial charge in [-0.2, -0.15) is 0 Å². The highest BCUT2D eigenvalue weighted by Crippen LogP contribution is 2.16. The van der Waals surface area contributed by atoms with Crippen LogP contribution in [0.2, 0.25) is 0 Å². The highest BCUT2D eigenvalue weighted by atomic mass is 19.1. The summed E-state index contributed by atoms with van der Waals surface area (Å²) in [5.41, 5.74) is 4.65. The summed E-state index contributed by atoms with van der Waals surface area (Å²) in [5, 5.41) is 0. The largest absolute Gasteiger partial charge is 0.385 e. The lowest BCUT2D eigenvalue weighted by molar-refractivity contribution is 0.103. The van der Waals surface area contributed by atoms with Gasteiger partial charge in [0.25, 0.3) is 0 Å². The number of ketones is 1. The van der Waals surface area contributed by atoms with E-state index in [2.05, 4.69) is 4.98 Å². The van der Waals surface area contributed by atoms with Gasteiger partial charge in [-0.05, 0) is 18.2 Å². The fourth-order valence-corrected chi connectivity index (χ4v) is 1.51. The molecule has 2 rings (SSSR count). The van der Waals surface area contributed by atoms with Crippen LogP contribution < -0.4 is 11.3 Å². The summed E-state index contributed by atoms with van der Waals surface area (Å²) in [5.74, 6) is -2.64. The van der Waals surface area contributed by atoms with Crippen molar-refractivity contribution in [3.05, 3.63) is 63.4 Å². The molecule has 0 radical (unpaired) electrons. The van der Waals surface area contributed by atoms with Crippen molar-refractivity contribution in [2.24, 2.45) is 0 Å². The van der Waals surface area contributed by atoms with Crippen LogP contribution in [-0.4, -0.2) is 10.8 Å². The maximum Gasteiger partial charge on any atom is 0.249 e. The molecule has 0 aliphatic heterocycles. The molecule has 0 saturated heterocycles. The molecule has 0 saturated carbocycles. The van der Waals surface area contributed by atoms with Gasteiger partial charge in [-0.15, -0.1) is 0 Å². The van der Waals surface area contributed by atoms with E-state index in [0.29, 0.717) is 6.07 Å². The number of benzene rings is 1. The Morgan fingerprint density at radius 3 is 2.39 bits per heavy atom. The second-order valence-corrected chi connectivity index (χ2v) is 3.60. The highest BCUT2D eigenvalue weighted by molar-refractivity contribution is 6.11. The molecule has 2 aromatic rings. The maximum atomic E-state index is 13.4. The zero-order chi connectivity index (χ0) is 13.3. The Morgan fingerprint density at radius 2 is 1.78 bits per heavy atom. The van der Waals surface area contributed by atoms with Crippen molar-refractivity contribution < 1.29 is 13.6 Å². The van der Waals surface area contributed by atoms with Gasteiger partial charge in [-0.1, -0.05) is 0 Å². The zero-order valence-corrected chi connectivity index (χ0v) is 9.04. The van der Waals surface area contributed by atoms with E-state index in [0.717, 1.165) is 18.2 Å². The number of nitrogens with one attached hydrogen (secondary N) is 1. The first-order valence-corrected chi connectivity index (χ1v) is 4.97. The zero-order valence-electron chi connectivity index (χ0n) is 9.04. The normalized spacial score (nSPS) is 10.3. The van der Waals surface area contributed by atoms with Gasteiger partial charge in [-0.25, -0.2) is 8.78 Å². The van der Waals surface area contributed by atoms with Crippen molar-refractivity contribution in [2.45, 2.75) is 0 Å². The summed E-state index contributed by atoms with van der Waals surface area (Å²) in [7, 11) is 0. The average Bonchev–Trinajstić information content (AvgIpc) is 2.28. The Balaban J connectivity index is 2.51. The number of carbonyl (C=O) groups excluding carboxylic acids is 1. The number of halogens is 2. The van der Waals surface area contributed by atoms with Crippen molar-refractivity contribution in [3.8, 4) is 0 Å². The molecule has 0 fully saturated rings. The molecule has 3 N–H and O–H groups in total. The number of anilines is 1. The number of nitrogen functional groups attached to an aromatic ring is 1. The van der Waals surface area contributed by atoms with Gasteiger partial charge >= 0.3 is 0 Å². The summed E-state index contributed by atoms with van der Waals surface area (Å²) < 4.78 is 26.1. The van der Waals surface area contributed by atoms with Gasteiger partial charge < -0.3 is 10.7 Å². The minimum atomic E-state index is -0.981. The number of rotatable bonds is 2. The fourth-order valence-electron chi connectivity index (χ4n) is 1.51. The number of H-pyrrole nitrogens is 1. The van der Waals surface area contributed by atoms with Gasteiger partial charge in [0.1, 0.15) is 17.5 Å². The molecule has 92 valence electrons. The first kappa shape index (κ1) is 12.0. The molecule has 4 nitrogen and oxygen atoms in total. The molecule has 1 aromatic heterocycles. The van der Waals surface area contributed by atoms with E-state index in [1.165, 1.54) is 6.07 Å².